The molecule has 2 heterocycles. The molecular formula is C20H24N6O3. The third-order valence-corrected chi connectivity index (χ3v) is 4.75. The van der Waals surface area contributed by atoms with Crippen molar-refractivity contribution in [2.45, 2.75) is 38.6 Å². The van der Waals surface area contributed by atoms with Crippen molar-refractivity contribution in [2.24, 2.45) is 11.7 Å². The lowest BCUT2D eigenvalue weighted by Gasteiger charge is -2.21. The smallest absolute Gasteiger partial charge is 0.307 e. The number of H-pyrrole nitrogens is 1. The van der Waals surface area contributed by atoms with E-state index in [1.165, 1.54) is 0 Å². The fourth-order valence-electron chi connectivity index (χ4n) is 3.22. The van der Waals surface area contributed by atoms with Crippen LogP contribution in [0.3, 0.4) is 0 Å². The number of tetrazole rings is 1. The van der Waals surface area contributed by atoms with Crippen molar-refractivity contribution in [1.82, 2.24) is 25.6 Å². The third-order valence-electron chi connectivity index (χ3n) is 4.75. The van der Waals surface area contributed by atoms with Crippen molar-refractivity contribution in [3.8, 4) is 11.6 Å². The number of aromatic amines is 1. The Morgan fingerprint density at radius 2 is 1.97 bits per heavy atom. The summed E-state index contributed by atoms with van der Waals surface area (Å²) in [5, 5.41) is 23.5. The van der Waals surface area contributed by atoms with Gasteiger partial charge in [0.1, 0.15) is 5.75 Å². The number of nitrogens with two attached hydrogens (primary N) is 1. The zero-order valence-corrected chi connectivity index (χ0v) is 16.2. The molecule has 152 valence electrons. The van der Waals surface area contributed by atoms with Crippen LogP contribution in [0.25, 0.3) is 0 Å². The number of carboxylic acid groups (broad SMARTS) is 1. The van der Waals surface area contributed by atoms with E-state index in [1.807, 2.05) is 37.3 Å². The summed E-state index contributed by atoms with van der Waals surface area (Å²) in [6, 6.07) is 11.1. The zero-order chi connectivity index (χ0) is 20.6. The Labute approximate surface area is 168 Å². The Balaban J connectivity index is 1.73. The van der Waals surface area contributed by atoms with Gasteiger partial charge in [-0.25, -0.2) is 10.1 Å². The largest absolute Gasteiger partial charge is 0.481 e. The molecule has 2 aromatic heterocycles. The lowest BCUT2D eigenvalue weighted by molar-refractivity contribution is -0.142. The first-order chi connectivity index (χ1) is 14.1. The number of ether oxygens (including phenoxy) is 1. The fraction of sp³-hybridized carbons (Fsp3) is 0.350. The monoisotopic (exact) mass is 396 g/mol. The molecule has 2 atom stereocenters. The van der Waals surface area contributed by atoms with Gasteiger partial charge >= 0.3 is 5.97 Å². The van der Waals surface area contributed by atoms with E-state index in [2.05, 4.69) is 25.6 Å². The molecule has 9 heteroatoms. The van der Waals surface area contributed by atoms with Gasteiger partial charge in [0, 0.05) is 24.7 Å². The molecule has 3 aromatic rings. The van der Waals surface area contributed by atoms with Gasteiger partial charge < -0.3 is 15.6 Å². The van der Waals surface area contributed by atoms with Crippen LogP contribution in [0.5, 0.6) is 11.6 Å². The Hall–Kier alpha value is -3.33. The Bertz CT molecular complexity index is 897. The average Bonchev–Trinajstić information content (AvgIpc) is 3.27. The predicted molar refractivity (Wildman–Crippen MR) is 105 cm³/mol. The maximum absolute atomic E-state index is 11.8. The third kappa shape index (κ3) is 5.35. The second-order valence-electron chi connectivity index (χ2n) is 6.79. The number of rotatable bonds is 10. The Morgan fingerprint density at radius 3 is 2.52 bits per heavy atom. The van der Waals surface area contributed by atoms with Gasteiger partial charge in [-0.1, -0.05) is 31.5 Å². The molecule has 0 fully saturated rings. The molecule has 0 aliphatic rings. The van der Waals surface area contributed by atoms with Gasteiger partial charge in [0.15, 0.2) is 5.82 Å². The molecule has 4 N–H and O–H groups in total. The summed E-state index contributed by atoms with van der Waals surface area (Å²) in [5.74, 6) is -0.239. The van der Waals surface area contributed by atoms with Crippen LogP contribution in [0, 0.1) is 5.92 Å². The van der Waals surface area contributed by atoms with Gasteiger partial charge in [0.05, 0.1) is 5.92 Å². The summed E-state index contributed by atoms with van der Waals surface area (Å²) in [7, 11) is 0. The van der Waals surface area contributed by atoms with Gasteiger partial charge in [0.2, 0.25) is 5.88 Å². The van der Waals surface area contributed by atoms with Crippen LogP contribution >= 0.6 is 0 Å². The first-order valence-electron chi connectivity index (χ1n) is 9.49. The van der Waals surface area contributed by atoms with E-state index >= 15 is 0 Å². The molecule has 29 heavy (non-hydrogen) atoms. The number of nitrogens with zero attached hydrogens (tertiary/aromatic N) is 4. The first-order valence-corrected chi connectivity index (χ1v) is 9.49. The molecule has 3 rings (SSSR count). The molecular weight excluding hydrogens is 372 g/mol. The minimum Gasteiger partial charge on any atom is -0.481 e. The van der Waals surface area contributed by atoms with Gasteiger partial charge in [-0.15, -0.1) is 5.10 Å². The molecule has 0 aliphatic heterocycles. The molecule has 9 nitrogen and oxygen atoms in total. The summed E-state index contributed by atoms with van der Waals surface area (Å²) in [6.45, 7) is 2.43. The summed E-state index contributed by atoms with van der Waals surface area (Å²) >= 11 is 0. The van der Waals surface area contributed by atoms with Crippen molar-refractivity contribution < 1.29 is 14.6 Å². The molecule has 0 radical (unpaired) electrons. The van der Waals surface area contributed by atoms with Gasteiger partial charge in [-0.3, -0.25) is 4.79 Å². The van der Waals surface area contributed by atoms with E-state index in [1.54, 1.807) is 12.3 Å². The first kappa shape index (κ1) is 20.4. The van der Waals surface area contributed by atoms with E-state index in [0.717, 1.165) is 17.5 Å². The normalized spacial score (nSPS) is 13.0. The van der Waals surface area contributed by atoms with Crippen LogP contribution in [0.4, 0.5) is 0 Å². The molecule has 0 bridgehead atoms. The Kier molecular flexibility index (Phi) is 6.85. The molecule has 0 spiro atoms. The average molecular weight is 396 g/mol. The number of nitrogens with one attached hydrogen (secondary N) is 1. The van der Waals surface area contributed by atoms with Crippen molar-refractivity contribution in [3.63, 3.8) is 0 Å². The lowest BCUT2D eigenvalue weighted by atomic mass is 9.83. The zero-order valence-electron chi connectivity index (χ0n) is 16.2. The maximum atomic E-state index is 11.8. The van der Waals surface area contributed by atoms with Crippen LogP contribution < -0.4 is 10.5 Å². The van der Waals surface area contributed by atoms with Crippen LogP contribution in [-0.2, 0) is 17.8 Å². The number of benzene rings is 1. The van der Waals surface area contributed by atoms with Crippen LogP contribution in [0.2, 0.25) is 0 Å². The number of hydrogen-bond donors (Lipinski definition) is 3. The maximum Gasteiger partial charge on any atom is 0.307 e. The van der Waals surface area contributed by atoms with Crippen LogP contribution in [0.1, 0.15) is 42.6 Å². The number of carboxylic acids is 1. The minimum atomic E-state index is -0.859. The highest BCUT2D eigenvalue weighted by Gasteiger charge is 2.31. The highest BCUT2D eigenvalue weighted by Crippen LogP contribution is 2.30. The van der Waals surface area contributed by atoms with Crippen molar-refractivity contribution in [2.75, 3.05) is 0 Å². The second-order valence-corrected chi connectivity index (χ2v) is 6.79. The molecule has 1 unspecified atom stereocenters. The molecule has 0 amide bonds. The van der Waals surface area contributed by atoms with Gasteiger partial charge in [-0.05, 0) is 46.5 Å². The minimum absolute atomic E-state index is 0.375. The van der Waals surface area contributed by atoms with E-state index in [9.17, 15) is 9.90 Å². The van der Waals surface area contributed by atoms with E-state index in [4.69, 9.17) is 10.5 Å². The predicted octanol–water partition coefficient (Wildman–Crippen LogP) is 2.67. The summed E-state index contributed by atoms with van der Waals surface area (Å²) in [5.41, 5.74) is 7.49. The van der Waals surface area contributed by atoms with Crippen LogP contribution in [0.15, 0.2) is 42.6 Å². The van der Waals surface area contributed by atoms with E-state index in [-0.39, 0.29) is 5.92 Å². The van der Waals surface area contributed by atoms with E-state index in [0.29, 0.717) is 36.8 Å². The summed E-state index contributed by atoms with van der Waals surface area (Å²) in [4.78, 5) is 16.1. The second kappa shape index (κ2) is 9.74. The standard InChI is InChI=1S/C20H24N6O3/c1-2-3-16(20(27)28)17(19-23-25-26-24-19)10-14-6-9-18(22-12-14)29-15-7-4-13(11-21)5-8-15/h4-9,12,16-17H,2-3,10-11,21H2,1H3,(H,27,28)(H,23,24,25,26)/t16?,17-/m0/s1. The number of carbonyl (C=O) groups is 1. The number of aliphatic carboxylic acids is 1. The molecule has 0 saturated carbocycles. The van der Waals surface area contributed by atoms with E-state index < -0.39 is 11.9 Å². The quantitative estimate of drug-likeness (QED) is 0.475. The Morgan fingerprint density at radius 1 is 1.21 bits per heavy atom. The topological polar surface area (TPSA) is 140 Å². The SMILES string of the molecule is CCCC(C(=O)O)[C@H](Cc1ccc(Oc2ccc(CN)cc2)nc1)c1nnn[nH]1. The van der Waals surface area contributed by atoms with Crippen molar-refractivity contribution in [3.05, 3.63) is 59.5 Å². The summed E-state index contributed by atoms with van der Waals surface area (Å²) in [6.07, 6.45) is 3.43. The fourth-order valence-corrected chi connectivity index (χ4v) is 3.22. The molecule has 1 aromatic carbocycles. The highest BCUT2D eigenvalue weighted by atomic mass is 16.5. The highest BCUT2D eigenvalue weighted by molar-refractivity contribution is 5.71. The number of aromatic nitrogens is 5. The van der Waals surface area contributed by atoms with Crippen molar-refractivity contribution in [1.29, 1.82) is 0 Å². The van der Waals surface area contributed by atoms with Crippen molar-refractivity contribution >= 4 is 5.97 Å². The lowest BCUT2D eigenvalue weighted by Crippen LogP contribution is -2.25. The van der Waals surface area contributed by atoms with Crippen LogP contribution in [-0.4, -0.2) is 36.7 Å². The molecule has 0 aliphatic carbocycles. The number of pyridine rings is 1. The van der Waals surface area contributed by atoms with Gasteiger partial charge in [-0.2, -0.15) is 0 Å². The van der Waals surface area contributed by atoms with Gasteiger partial charge in [0.25, 0.3) is 0 Å². The molecule has 0 saturated heterocycles. The number of hydrogen-bond acceptors (Lipinski definition) is 7. The summed E-state index contributed by atoms with van der Waals surface area (Å²) < 4.78 is 5.75.